The number of alkyl halides is 1. The summed E-state index contributed by atoms with van der Waals surface area (Å²) in [5, 5.41) is 9.15. The van der Waals surface area contributed by atoms with Crippen LogP contribution in [-0.4, -0.2) is 46.7 Å². The van der Waals surface area contributed by atoms with Crippen LogP contribution >= 0.6 is 22.9 Å². The van der Waals surface area contributed by atoms with Crippen molar-refractivity contribution in [1.29, 1.82) is 0 Å². The number of benzene rings is 1. The quantitative estimate of drug-likeness (QED) is 0.499. The van der Waals surface area contributed by atoms with Crippen molar-refractivity contribution in [2.75, 3.05) is 25.4 Å². The maximum absolute atomic E-state index is 11.8. The lowest BCUT2D eigenvalue weighted by Crippen LogP contribution is -2.15. The number of carbonyl (C=O) groups is 2. The van der Waals surface area contributed by atoms with Crippen LogP contribution in [0, 0.1) is 0 Å². The lowest BCUT2D eigenvalue weighted by Gasteiger charge is -2.04. The van der Waals surface area contributed by atoms with Gasteiger partial charge in [0.15, 0.2) is 5.69 Å². The van der Waals surface area contributed by atoms with Gasteiger partial charge in [-0.15, -0.1) is 22.9 Å². The van der Waals surface area contributed by atoms with Crippen LogP contribution < -0.4 is 10.1 Å². The predicted molar refractivity (Wildman–Crippen MR) is 102 cm³/mol. The Bertz CT molecular complexity index is 968. The van der Waals surface area contributed by atoms with E-state index in [0.29, 0.717) is 16.6 Å². The van der Waals surface area contributed by atoms with Crippen LogP contribution in [-0.2, 0) is 9.53 Å². The minimum atomic E-state index is -0.550. The molecular formula is C17H15ClN4O4S. The molecule has 1 aromatic carbocycles. The lowest BCUT2D eigenvalue weighted by molar-refractivity contribution is -0.114. The van der Waals surface area contributed by atoms with Crippen molar-refractivity contribution < 1.29 is 19.1 Å². The monoisotopic (exact) mass is 406 g/mol. The van der Waals surface area contributed by atoms with Gasteiger partial charge in [0.05, 0.1) is 19.9 Å². The summed E-state index contributed by atoms with van der Waals surface area (Å²) in [5.74, 6) is -0.0297. The molecule has 27 heavy (non-hydrogen) atoms. The van der Waals surface area contributed by atoms with Gasteiger partial charge in [-0.2, -0.15) is 9.78 Å². The van der Waals surface area contributed by atoms with E-state index in [1.165, 1.54) is 23.1 Å². The van der Waals surface area contributed by atoms with Crippen LogP contribution in [0.4, 0.5) is 5.82 Å². The van der Waals surface area contributed by atoms with Crippen molar-refractivity contribution in [3.63, 3.8) is 0 Å². The summed E-state index contributed by atoms with van der Waals surface area (Å²) in [6.45, 7) is 0. The zero-order chi connectivity index (χ0) is 19.4. The lowest BCUT2D eigenvalue weighted by atomic mass is 10.1. The summed E-state index contributed by atoms with van der Waals surface area (Å²) in [5.41, 5.74) is 1.59. The van der Waals surface area contributed by atoms with Gasteiger partial charge in [0.25, 0.3) is 0 Å². The van der Waals surface area contributed by atoms with Crippen LogP contribution in [0.15, 0.2) is 35.7 Å². The molecule has 0 spiro atoms. The summed E-state index contributed by atoms with van der Waals surface area (Å²) in [4.78, 5) is 27.6. The average molecular weight is 407 g/mol. The van der Waals surface area contributed by atoms with E-state index in [0.717, 1.165) is 11.3 Å². The van der Waals surface area contributed by atoms with E-state index in [2.05, 4.69) is 20.1 Å². The van der Waals surface area contributed by atoms with E-state index in [1.54, 1.807) is 18.6 Å². The highest BCUT2D eigenvalue weighted by molar-refractivity contribution is 7.12. The Morgan fingerprint density at radius 3 is 2.63 bits per heavy atom. The zero-order valence-electron chi connectivity index (χ0n) is 14.4. The number of amides is 1. The molecule has 0 saturated carbocycles. The number of carbonyl (C=O) groups excluding carboxylic acids is 2. The van der Waals surface area contributed by atoms with Gasteiger partial charge in [0.2, 0.25) is 11.0 Å². The Balaban J connectivity index is 2.02. The normalized spacial score (nSPS) is 10.5. The number of methoxy groups -OCH3 is 2. The first-order valence-corrected chi connectivity index (χ1v) is 9.11. The molecule has 0 fully saturated rings. The van der Waals surface area contributed by atoms with Crippen LogP contribution in [0.5, 0.6) is 5.75 Å². The average Bonchev–Trinajstić information content (AvgIpc) is 3.34. The fraction of sp³-hybridized carbons (Fsp3) is 0.176. The van der Waals surface area contributed by atoms with Crippen LogP contribution in [0.25, 0.3) is 16.4 Å². The third kappa shape index (κ3) is 4.09. The molecule has 0 aliphatic heterocycles. The van der Waals surface area contributed by atoms with E-state index >= 15 is 0 Å². The molecule has 3 rings (SSSR count). The minimum absolute atomic E-state index is 0.161. The van der Waals surface area contributed by atoms with Crippen LogP contribution in [0.3, 0.4) is 0 Å². The van der Waals surface area contributed by atoms with Crippen LogP contribution in [0.1, 0.15) is 10.5 Å². The number of hydrogen-bond acceptors (Lipinski definition) is 7. The summed E-state index contributed by atoms with van der Waals surface area (Å²) in [6, 6.07) is 9.01. The Kier molecular flexibility index (Phi) is 5.72. The first-order valence-electron chi connectivity index (χ1n) is 7.70. The van der Waals surface area contributed by atoms with E-state index in [4.69, 9.17) is 16.3 Å². The van der Waals surface area contributed by atoms with Crippen molar-refractivity contribution in [2.24, 2.45) is 0 Å². The van der Waals surface area contributed by atoms with Gasteiger partial charge in [0.1, 0.15) is 17.4 Å². The van der Waals surface area contributed by atoms with E-state index in [-0.39, 0.29) is 17.5 Å². The number of halogens is 1. The van der Waals surface area contributed by atoms with Gasteiger partial charge in [-0.25, -0.2) is 9.78 Å². The predicted octanol–water partition coefficient (Wildman–Crippen LogP) is 2.97. The van der Waals surface area contributed by atoms with E-state index in [9.17, 15) is 9.59 Å². The first kappa shape index (κ1) is 18.9. The largest absolute Gasteiger partial charge is 0.497 e. The molecule has 2 heterocycles. The number of thiazole rings is 1. The number of hydrogen-bond donors (Lipinski definition) is 1. The van der Waals surface area contributed by atoms with Crippen molar-refractivity contribution >= 4 is 40.6 Å². The molecule has 0 bridgehead atoms. The number of anilines is 1. The van der Waals surface area contributed by atoms with Crippen molar-refractivity contribution in [3.8, 4) is 22.1 Å². The Morgan fingerprint density at radius 2 is 2.00 bits per heavy atom. The maximum atomic E-state index is 11.8. The molecule has 1 amide bonds. The number of aromatic nitrogens is 3. The molecule has 10 heteroatoms. The number of nitrogens with one attached hydrogen (secondary N) is 1. The topological polar surface area (TPSA) is 95.3 Å². The Morgan fingerprint density at radius 1 is 1.26 bits per heavy atom. The highest BCUT2D eigenvalue weighted by Crippen LogP contribution is 2.27. The van der Waals surface area contributed by atoms with Gasteiger partial charge in [0, 0.05) is 17.0 Å². The second kappa shape index (κ2) is 8.19. The second-order valence-electron chi connectivity index (χ2n) is 5.24. The number of esters is 1. The highest BCUT2D eigenvalue weighted by atomic mass is 35.5. The molecule has 0 radical (unpaired) electrons. The van der Waals surface area contributed by atoms with Gasteiger partial charge in [-0.3, -0.25) is 4.79 Å². The van der Waals surface area contributed by atoms with Crippen molar-refractivity contribution in [2.45, 2.75) is 0 Å². The SMILES string of the molecule is COC(=O)c1csc(-n2nc(-c3ccc(OC)cc3)cc2NC(=O)CCl)n1. The summed E-state index contributed by atoms with van der Waals surface area (Å²) in [7, 11) is 2.87. The number of ether oxygens (including phenoxy) is 2. The molecule has 0 unspecified atom stereocenters. The van der Waals surface area contributed by atoms with Gasteiger partial charge in [-0.05, 0) is 24.3 Å². The molecule has 140 valence electrons. The third-order valence-corrected chi connectivity index (χ3v) is 4.61. The molecular weight excluding hydrogens is 392 g/mol. The summed E-state index contributed by atoms with van der Waals surface area (Å²) in [6.07, 6.45) is 0. The number of rotatable bonds is 6. The van der Waals surface area contributed by atoms with Crippen LogP contribution in [0.2, 0.25) is 0 Å². The fourth-order valence-electron chi connectivity index (χ4n) is 2.25. The molecule has 1 N–H and O–H groups in total. The maximum Gasteiger partial charge on any atom is 0.357 e. The number of nitrogens with zero attached hydrogens (tertiary/aromatic N) is 3. The molecule has 0 atom stereocenters. The van der Waals surface area contributed by atoms with Gasteiger partial charge < -0.3 is 14.8 Å². The van der Waals surface area contributed by atoms with Gasteiger partial charge >= 0.3 is 5.97 Å². The van der Waals surface area contributed by atoms with E-state index < -0.39 is 5.97 Å². The smallest absolute Gasteiger partial charge is 0.357 e. The summed E-state index contributed by atoms with van der Waals surface area (Å²) < 4.78 is 11.3. The molecule has 0 saturated heterocycles. The molecule has 3 aromatic rings. The van der Waals surface area contributed by atoms with E-state index in [1.807, 2.05) is 24.3 Å². The Labute approximate surface area is 163 Å². The first-order chi connectivity index (χ1) is 13.0. The molecule has 0 aliphatic rings. The minimum Gasteiger partial charge on any atom is -0.497 e. The second-order valence-corrected chi connectivity index (χ2v) is 6.35. The standard InChI is InChI=1S/C17H15ClN4O4S/c1-25-11-5-3-10(4-6-11)12-7-14(20-15(23)8-18)22(21-12)17-19-13(9-27-17)16(24)26-2/h3-7,9H,8H2,1-2H3,(H,20,23). The Hall–Kier alpha value is -2.91. The zero-order valence-corrected chi connectivity index (χ0v) is 16.0. The fourth-order valence-corrected chi connectivity index (χ4v) is 3.08. The molecule has 2 aromatic heterocycles. The highest BCUT2D eigenvalue weighted by Gasteiger charge is 2.18. The van der Waals surface area contributed by atoms with Crippen molar-refractivity contribution in [1.82, 2.24) is 14.8 Å². The summed E-state index contributed by atoms with van der Waals surface area (Å²) >= 11 is 6.79. The molecule has 0 aliphatic carbocycles. The van der Waals surface area contributed by atoms with Gasteiger partial charge in [-0.1, -0.05) is 0 Å². The van der Waals surface area contributed by atoms with Crippen molar-refractivity contribution in [3.05, 3.63) is 41.4 Å². The molecule has 8 nitrogen and oxygen atoms in total. The third-order valence-electron chi connectivity index (χ3n) is 3.55.